The van der Waals surface area contributed by atoms with Gasteiger partial charge in [0.25, 0.3) is 0 Å². The molecule has 0 saturated heterocycles. The van der Waals surface area contributed by atoms with Crippen LogP contribution in [0.15, 0.2) is 29.2 Å². The van der Waals surface area contributed by atoms with E-state index in [0.29, 0.717) is 4.90 Å². The van der Waals surface area contributed by atoms with Gasteiger partial charge in [0.2, 0.25) is 10.0 Å². The van der Waals surface area contributed by atoms with Crippen LogP contribution in [0.25, 0.3) is 0 Å². The first-order valence-electron chi connectivity index (χ1n) is 7.44. The van der Waals surface area contributed by atoms with Crippen molar-refractivity contribution < 1.29 is 13.2 Å². The summed E-state index contributed by atoms with van der Waals surface area (Å²) in [4.78, 5) is 0.324. The van der Waals surface area contributed by atoms with Crippen LogP contribution in [-0.2, 0) is 14.8 Å². The highest BCUT2D eigenvalue weighted by Crippen LogP contribution is 2.35. The number of methoxy groups -OCH3 is 1. The maximum absolute atomic E-state index is 12.1. The van der Waals surface area contributed by atoms with Gasteiger partial charge < -0.3 is 10.1 Å². The van der Waals surface area contributed by atoms with Gasteiger partial charge in [0.05, 0.1) is 10.5 Å². The molecule has 0 radical (unpaired) electrons. The fourth-order valence-corrected chi connectivity index (χ4v) is 3.83. The second-order valence-corrected chi connectivity index (χ2v) is 7.73. The number of sulfonamides is 1. The molecule has 0 spiro atoms. The normalized spacial score (nSPS) is 20.8. The molecule has 3 rings (SSSR count). The Balaban J connectivity index is 1.61. The monoisotopic (exact) mass is 310 g/mol. The number of nitrogens with one attached hydrogen (secondary N) is 2. The van der Waals surface area contributed by atoms with Gasteiger partial charge in [-0.25, -0.2) is 13.1 Å². The van der Waals surface area contributed by atoms with E-state index in [9.17, 15) is 8.42 Å². The van der Waals surface area contributed by atoms with Crippen LogP contribution in [0.1, 0.15) is 32.1 Å². The Labute approximate surface area is 126 Å². The standard InChI is InChI=1S/C15H22N2O3S/c1-20-15(9-2-10-15)11-16-12-5-7-14(8-6-12)21(18,19)17-13-3-4-13/h5-8,13,16-17H,2-4,9-11H2,1H3. The van der Waals surface area contributed by atoms with Crippen LogP contribution < -0.4 is 10.0 Å². The van der Waals surface area contributed by atoms with Gasteiger partial charge in [-0.1, -0.05) is 0 Å². The highest BCUT2D eigenvalue weighted by Gasteiger charge is 2.36. The first-order valence-corrected chi connectivity index (χ1v) is 8.93. The van der Waals surface area contributed by atoms with E-state index in [4.69, 9.17) is 4.74 Å². The highest BCUT2D eigenvalue weighted by molar-refractivity contribution is 7.89. The van der Waals surface area contributed by atoms with Crippen molar-refractivity contribution in [1.82, 2.24) is 4.72 Å². The maximum atomic E-state index is 12.1. The molecule has 2 saturated carbocycles. The molecule has 0 aliphatic heterocycles. The second kappa shape index (κ2) is 5.59. The third-order valence-electron chi connectivity index (χ3n) is 4.38. The van der Waals surface area contributed by atoms with Gasteiger partial charge in [0.1, 0.15) is 0 Å². The maximum Gasteiger partial charge on any atom is 0.240 e. The van der Waals surface area contributed by atoms with Crippen molar-refractivity contribution in [2.24, 2.45) is 0 Å². The molecule has 2 fully saturated rings. The minimum atomic E-state index is -3.36. The predicted molar refractivity (Wildman–Crippen MR) is 81.9 cm³/mol. The first kappa shape index (κ1) is 14.8. The van der Waals surface area contributed by atoms with Gasteiger partial charge >= 0.3 is 0 Å². The number of benzene rings is 1. The quantitative estimate of drug-likeness (QED) is 0.809. The Bertz CT molecular complexity index is 584. The third-order valence-corrected chi connectivity index (χ3v) is 5.91. The van der Waals surface area contributed by atoms with Crippen LogP contribution in [0.2, 0.25) is 0 Å². The molecule has 2 N–H and O–H groups in total. The van der Waals surface area contributed by atoms with Gasteiger partial charge in [-0.3, -0.25) is 0 Å². The fraction of sp³-hybridized carbons (Fsp3) is 0.600. The average molecular weight is 310 g/mol. The van der Waals surface area contributed by atoms with Crippen LogP contribution in [0, 0.1) is 0 Å². The van der Waals surface area contributed by atoms with Crippen molar-refractivity contribution in [2.75, 3.05) is 19.0 Å². The zero-order valence-electron chi connectivity index (χ0n) is 12.3. The molecule has 21 heavy (non-hydrogen) atoms. The van der Waals surface area contributed by atoms with Crippen molar-refractivity contribution in [1.29, 1.82) is 0 Å². The van der Waals surface area contributed by atoms with Crippen LogP contribution in [0.3, 0.4) is 0 Å². The predicted octanol–water partition coefficient (Wildman–Crippen LogP) is 2.11. The third kappa shape index (κ3) is 3.39. The Morgan fingerprint density at radius 2 is 1.90 bits per heavy atom. The van der Waals surface area contributed by atoms with Gasteiger partial charge in [-0.05, 0) is 56.4 Å². The summed E-state index contributed by atoms with van der Waals surface area (Å²) in [5.74, 6) is 0. The van der Waals surface area contributed by atoms with Crippen LogP contribution in [0.4, 0.5) is 5.69 Å². The molecular weight excluding hydrogens is 288 g/mol. The topological polar surface area (TPSA) is 67.4 Å². The summed E-state index contributed by atoms with van der Waals surface area (Å²) in [6.45, 7) is 0.760. The molecule has 0 heterocycles. The van der Waals surface area contributed by atoms with Crippen LogP contribution in [0.5, 0.6) is 0 Å². The van der Waals surface area contributed by atoms with Gasteiger partial charge in [0, 0.05) is 25.4 Å². The summed E-state index contributed by atoms with van der Waals surface area (Å²) in [5.41, 5.74) is 0.877. The Hall–Kier alpha value is -1.11. The number of anilines is 1. The molecule has 116 valence electrons. The number of ether oxygens (including phenoxy) is 1. The largest absolute Gasteiger partial charge is 0.382 e. The molecule has 0 amide bonds. The Morgan fingerprint density at radius 3 is 2.38 bits per heavy atom. The summed E-state index contributed by atoms with van der Waals surface area (Å²) in [6.07, 6.45) is 5.25. The summed E-state index contributed by atoms with van der Waals surface area (Å²) in [7, 11) is -1.61. The minimum Gasteiger partial charge on any atom is -0.382 e. The Morgan fingerprint density at radius 1 is 1.24 bits per heavy atom. The lowest BCUT2D eigenvalue weighted by atomic mass is 9.80. The van der Waals surface area contributed by atoms with Crippen molar-refractivity contribution in [3.63, 3.8) is 0 Å². The molecule has 5 nitrogen and oxygen atoms in total. The van der Waals surface area contributed by atoms with Crippen LogP contribution in [-0.4, -0.2) is 33.7 Å². The van der Waals surface area contributed by atoms with Crippen molar-refractivity contribution in [3.05, 3.63) is 24.3 Å². The molecule has 2 aliphatic carbocycles. The second-order valence-electron chi connectivity index (χ2n) is 6.01. The highest BCUT2D eigenvalue weighted by atomic mass is 32.2. The number of rotatable bonds is 7. The molecule has 6 heteroatoms. The van der Waals surface area contributed by atoms with E-state index in [-0.39, 0.29) is 11.6 Å². The average Bonchev–Trinajstić information content (AvgIpc) is 3.22. The zero-order chi connectivity index (χ0) is 14.9. The Kier molecular flexibility index (Phi) is 3.94. The molecule has 0 unspecified atom stereocenters. The van der Waals surface area contributed by atoms with Crippen molar-refractivity contribution >= 4 is 15.7 Å². The lowest BCUT2D eigenvalue weighted by molar-refractivity contribution is -0.0601. The van der Waals surface area contributed by atoms with E-state index in [1.807, 2.05) is 12.1 Å². The molecule has 1 aromatic rings. The van der Waals surface area contributed by atoms with E-state index in [2.05, 4.69) is 10.0 Å². The summed E-state index contributed by atoms with van der Waals surface area (Å²) in [6, 6.07) is 7.04. The molecular formula is C15H22N2O3S. The fourth-order valence-electron chi connectivity index (χ4n) is 2.53. The lowest BCUT2D eigenvalue weighted by Gasteiger charge is -2.40. The van der Waals surface area contributed by atoms with E-state index in [1.165, 1.54) is 6.42 Å². The van der Waals surface area contributed by atoms with Gasteiger partial charge in [0.15, 0.2) is 0 Å². The van der Waals surface area contributed by atoms with Crippen LogP contribution >= 0.6 is 0 Å². The number of hydrogen-bond acceptors (Lipinski definition) is 4. The van der Waals surface area contributed by atoms with E-state index in [1.54, 1.807) is 19.2 Å². The van der Waals surface area contributed by atoms with Crippen molar-refractivity contribution in [2.45, 2.75) is 48.6 Å². The molecule has 0 atom stereocenters. The summed E-state index contributed by atoms with van der Waals surface area (Å²) < 4.78 is 32.4. The smallest absolute Gasteiger partial charge is 0.240 e. The van der Waals surface area contributed by atoms with E-state index >= 15 is 0 Å². The molecule has 1 aromatic carbocycles. The van der Waals surface area contributed by atoms with Gasteiger partial charge in [-0.2, -0.15) is 0 Å². The zero-order valence-corrected chi connectivity index (χ0v) is 13.1. The molecule has 0 bridgehead atoms. The summed E-state index contributed by atoms with van der Waals surface area (Å²) in [5, 5.41) is 3.33. The van der Waals surface area contributed by atoms with Crippen molar-refractivity contribution in [3.8, 4) is 0 Å². The number of hydrogen-bond donors (Lipinski definition) is 2. The SMILES string of the molecule is COC1(CNc2ccc(S(=O)(=O)NC3CC3)cc2)CCC1. The van der Waals surface area contributed by atoms with E-state index in [0.717, 1.165) is 37.9 Å². The van der Waals surface area contributed by atoms with E-state index < -0.39 is 10.0 Å². The molecule has 0 aromatic heterocycles. The first-order chi connectivity index (χ1) is 10.0. The lowest BCUT2D eigenvalue weighted by Crippen LogP contribution is -2.45. The minimum absolute atomic E-state index is 0.0434. The molecule has 2 aliphatic rings. The summed E-state index contributed by atoms with van der Waals surface area (Å²) >= 11 is 0. The van der Waals surface area contributed by atoms with Gasteiger partial charge in [-0.15, -0.1) is 0 Å².